The minimum absolute atomic E-state index is 0.00970. The number of ether oxygens (including phenoxy) is 1. The van der Waals surface area contributed by atoms with E-state index >= 15 is 0 Å². The van der Waals surface area contributed by atoms with Crippen molar-refractivity contribution in [1.29, 1.82) is 0 Å². The van der Waals surface area contributed by atoms with Gasteiger partial charge in [-0.1, -0.05) is 18.2 Å². The Bertz CT molecular complexity index is 611. The molecular weight excluding hydrogens is 306 g/mol. The summed E-state index contributed by atoms with van der Waals surface area (Å²) in [4.78, 5) is 26.9. The lowest BCUT2D eigenvalue weighted by atomic mass is 9.79. The zero-order valence-corrected chi connectivity index (χ0v) is 13.9. The molecule has 24 heavy (non-hydrogen) atoms. The topological polar surface area (TPSA) is 84.7 Å². The highest BCUT2D eigenvalue weighted by Gasteiger charge is 2.39. The number of carbonyl (C=O) groups excluding carboxylic acids is 2. The largest absolute Gasteiger partial charge is 0.381 e. The second-order valence-corrected chi connectivity index (χ2v) is 6.56. The van der Waals surface area contributed by atoms with Crippen LogP contribution in [0.1, 0.15) is 24.8 Å². The summed E-state index contributed by atoms with van der Waals surface area (Å²) in [6, 6.07) is 7.95. The first-order valence-corrected chi connectivity index (χ1v) is 8.61. The summed E-state index contributed by atoms with van der Waals surface area (Å²) in [6.07, 6.45) is 3.15. The van der Waals surface area contributed by atoms with Gasteiger partial charge in [0.25, 0.3) is 0 Å². The first kappa shape index (κ1) is 16.9. The minimum atomic E-state index is -0.599. The van der Waals surface area contributed by atoms with Crippen LogP contribution in [0.3, 0.4) is 0 Å². The lowest BCUT2D eigenvalue weighted by molar-refractivity contribution is -0.137. The average Bonchev–Trinajstić information content (AvgIpc) is 2.65. The van der Waals surface area contributed by atoms with E-state index < -0.39 is 5.41 Å². The fraction of sp³-hybridized carbons (Fsp3) is 0.556. The molecule has 2 amide bonds. The molecule has 1 saturated heterocycles. The summed E-state index contributed by atoms with van der Waals surface area (Å²) in [7, 11) is 0. The van der Waals surface area contributed by atoms with Crippen molar-refractivity contribution in [2.24, 2.45) is 11.1 Å². The third-order valence-electron chi connectivity index (χ3n) is 5.13. The van der Waals surface area contributed by atoms with Gasteiger partial charge in [0.05, 0.1) is 12.0 Å². The van der Waals surface area contributed by atoms with Crippen molar-refractivity contribution in [3.63, 3.8) is 0 Å². The number of carbonyl (C=O) groups is 2. The summed E-state index contributed by atoms with van der Waals surface area (Å²) in [5.74, 6) is -0.207. The lowest BCUT2D eigenvalue weighted by Gasteiger charge is -2.35. The van der Waals surface area contributed by atoms with Crippen LogP contribution in [0.5, 0.6) is 0 Å². The maximum absolute atomic E-state index is 12.6. The molecule has 3 N–H and O–H groups in total. The van der Waals surface area contributed by atoms with Gasteiger partial charge in [-0.2, -0.15) is 0 Å². The monoisotopic (exact) mass is 331 g/mol. The number of para-hydroxylation sites is 1. The summed E-state index contributed by atoms with van der Waals surface area (Å²) < 4.78 is 5.33. The SMILES string of the molecule is NCC1(C(=O)NCC(=O)N2CCCc3ccccc32)CCOCC1. The molecule has 0 radical (unpaired) electrons. The van der Waals surface area contributed by atoms with Crippen molar-refractivity contribution in [3.05, 3.63) is 29.8 Å². The Kier molecular flexibility index (Phi) is 5.16. The van der Waals surface area contributed by atoms with Crippen molar-refractivity contribution in [3.8, 4) is 0 Å². The lowest BCUT2D eigenvalue weighted by Crippen LogP contribution is -2.51. The normalized spacial score (nSPS) is 19.5. The highest BCUT2D eigenvalue weighted by molar-refractivity contribution is 5.98. The Morgan fingerprint density at radius 3 is 2.75 bits per heavy atom. The van der Waals surface area contributed by atoms with Gasteiger partial charge in [0.2, 0.25) is 11.8 Å². The average molecular weight is 331 g/mol. The number of fused-ring (bicyclic) bond motifs is 1. The molecule has 130 valence electrons. The van der Waals surface area contributed by atoms with Gasteiger partial charge in [-0.25, -0.2) is 0 Å². The van der Waals surface area contributed by atoms with Gasteiger partial charge < -0.3 is 20.7 Å². The van der Waals surface area contributed by atoms with Crippen LogP contribution in [0, 0.1) is 5.41 Å². The van der Waals surface area contributed by atoms with Gasteiger partial charge in [0, 0.05) is 32.0 Å². The predicted molar refractivity (Wildman–Crippen MR) is 91.7 cm³/mol. The summed E-state index contributed by atoms with van der Waals surface area (Å²) in [5.41, 5.74) is 7.39. The highest BCUT2D eigenvalue weighted by atomic mass is 16.5. The molecule has 0 saturated carbocycles. The van der Waals surface area contributed by atoms with Gasteiger partial charge >= 0.3 is 0 Å². The van der Waals surface area contributed by atoms with Gasteiger partial charge in [0.1, 0.15) is 0 Å². The Morgan fingerprint density at radius 1 is 1.25 bits per heavy atom. The first-order chi connectivity index (χ1) is 11.7. The zero-order chi connectivity index (χ0) is 17.0. The minimum Gasteiger partial charge on any atom is -0.381 e. The van der Waals surface area contributed by atoms with Gasteiger partial charge in [-0.15, -0.1) is 0 Å². The molecule has 6 heteroatoms. The predicted octanol–water partition coefficient (Wildman–Crippen LogP) is 0.837. The van der Waals surface area contributed by atoms with Crippen LogP contribution in [0.4, 0.5) is 5.69 Å². The first-order valence-electron chi connectivity index (χ1n) is 8.61. The number of nitrogens with zero attached hydrogens (tertiary/aromatic N) is 1. The molecule has 3 rings (SSSR count). The van der Waals surface area contributed by atoms with Crippen molar-refractivity contribution >= 4 is 17.5 Å². The van der Waals surface area contributed by atoms with Crippen molar-refractivity contribution in [1.82, 2.24) is 5.32 Å². The molecule has 1 aromatic carbocycles. The summed E-state index contributed by atoms with van der Waals surface area (Å²) >= 11 is 0. The number of hydrogen-bond donors (Lipinski definition) is 2. The number of aryl methyl sites for hydroxylation is 1. The van der Waals surface area contributed by atoms with Gasteiger partial charge in [0.15, 0.2) is 0 Å². The number of hydrogen-bond acceptors (Lipinski definition) is 4. The van der Waals surface area contributed by atoms with E-state index in [1.54, 1.807) is 4.90 Å². The van der Waals surface area contributed by atoms with Crippen molar-refractivity contribution in [2.45, 2.75) is 25.7 Å². The summed E-state index contributed by atoms with van der Waals surface area (Å²) in [5, 5.41) is 2.81. The number of amides is 2. The van der Waals surface area contributed by atoms with Crippen LogP contribution in [0.2, 0.25) is 0 Å². The van der Waals surface area contributed by atoms with E-state index in [9.17, 15) is 9.59 Å². The molecule has 6 nitrogen and oxygen atoms in total. The van der Waals surface area contributed by atoms with E-state index in [1.807, 2.05) is 18.2 Å². The fourth-order valence-electron chi connectivity index (χ4n) is 3.52. The van der Waals surface area contributed by atoms with E-state index in [2.05, 4.69) is 11.4 Å². The molecule has 2 heterocycles. The van der Waals surface area contributed by atoms with Crippen LogP contribution in [-0.4, -0.2) is 44.7 Å². The number of rotatable bonds is 4. The number of benzene rings is 1. The van der Waals surface area contributed by atoms with Gasteiger partial charge in [-0.05, 0) is 37.3 Å². The Labute approximate surface area is 142 Å². The molecule has 0 atom stereocenters. The Hall–Kier alpha value is -1.92. The maximum atomic E-state index is 12.6. The van der Waals surface area contributed by atoms with Crippen LogP contribution >= 0.6 is 0 Å². The molecule has 0 aromatic heterocycles. The Morgan fingerprint density at radius 2 is 2.00 bits per heavy atom. The van der Waals surface area contributed by atoms with Crippen molar-refractivity contribution < 1.29 is 14.3 Å². The van der Waals surface area contributed by atoms with E-state index in [4.69, 9.17) is 10.5 Å². The number of nitrogens with one attached hydrogen (secondary N) is 1. The molecule has 0 spiro atoms. The number of anilines is 1. The molecule has 0 unspecified atom stereocenters. The molecule has 0 aliphatic carbocycles. The van der Waals surface area contributed by atoms with Crippen molar-refractivity contribution in [2.75, 3.05) is 37.7 Å². The molecular formula is C18H25N3O3. The van der Waals surface area contributed by atoms with E-state index in [-0.39, 0.29) is 24.9 Å². The smallest absolute Gasteiger partial charge is 0.246 e. The fourth-order valence-corrected chi connectivity index (χ4v) is 3.52. The molecule has 1 aromatic rings. The third kappa shape index (κ3) is 3.30. The number of nitrogens with two attached hydrogens (primary N) is 1. The van der Waals surface area contributed by atoms with E-state index in [1.165, 1.54) is 5.56 Å². The standard InChI is InChI=1S/C18H25N3O3/c19-13-18(7-10-24-11-8-18)17(23)20-12-16(22)21-9-3-5-14-4-1-2-6-15(14)21/h1-2,4,6H,3,5,7-13,19H2,(H,20,23). The second kappa shape index (κ2) is 7.32. The van der Waals surface area contributed by atoms with E-state index in [0.717, 1.165) is 18.5 Å². The molecule has 2 aliphatic rings. The molecule has 1 fully saturated rings. The quantitative estimate of drug-likeness (QED) is 0.856. The Balaban J connectivity index is 1.63. The van der Waals surface area contributed by atoms with Gasteiger partial charge in [-0.3, -0.25) is 9.59 Å². The second-order valence-electron chi connectivity index (χ2n) is 6.56. The van der Waals surface area contributed by atoms with Crippen LogP contribution < -0.4 is 16.0 Å². The van der Waals surface area contributed by atoms with Crippen LogP contribution in [-0.2, 0) is 20.7 Å². The summed E-state index contributed by atoms with van der Waals surface area (Å²) in [6.45, 7) is 2.07. The zero-order valence-electron chi connectivity index (χ0n) is 13.9. The van der Waals surface area contributed by atoms with Crippen LogP contribution in [0.15, 0.2) is 24.3 Å². The van der Waals surface area contributed by atoms with Crippen LogP contribution in [0.25, 0.3) is 0 Å². The molecule has 2 aliphatic heterocycles. The highest BCUT2D eigenvalue weighted by Crippen LogP contribution is 2.30. The third-order valence-corrected chi connectivity index (χ3v) is 5.13. The maximum Gasteiger partial charge on any atom is 0.246 e. The van der Waals surface area contributed by atoms with E-state index in [0.29, 0.717) is 32.6 Å². The molecule has 0 bridgehead atoms.